The number of carboxylic acids is 1. The van der Waals surface area contributed by atoms with E-state index in [1.54, 1.807) is 16.4 Å². The summed E-state index contributed by atoms with van der Waals surface area (Å²) in [5, 5.41) is 22.3. The van der Waals surface area contributed by atoms with Crippen molar-refractivity contribution in [3.8, 4) is 23.0 Å². The van der Waals surface area contributed by atoms with Gasteiger partial charge in [0.25, 0.3) is 0 Å². The number of methoxy groups -OCH3 is 1. The molecule has 0 amide bonds. The summed E-state index contributed by atoms with van der Waals surface area (Å²) in [6, 6.07) is 9.28. The molecule has 0 spiro atoms. The molecule has 0 aliphatic rings. The largest absolute Gasteiger partial charge is 0.497 e. The van der Waals surface area contributed by atoms with Gasteiger partial charge in [-0.15, -0.1) is 10.2 Å². The molecule has 0 aliphatic carbocycles. The lowest BCUT2D eigenvalue weighted by molar-refractivity contribution is -0.133. The Morgan fingerprint density at radius 3 is 2.84 bits per heavy atom. The van der Waals surface area contributed by atoms with Crippen LogP contribution in [0.15, 0.2) is 41.7 Å². The Hall–Kier alpha value is -2.81. The van der Waals surface area contributed by atoms with Gasteiger partial charge in [-0.2, -0.15) is 5.10 Å². The molecule has 2 aromatic heterocycles. The van der Waals surface area contributed by atoms with Gasteiger partial charge in [0.05, 0.1) is 18.6 Å². The molecule has 0 aliphatic heterocycles. The third kappa shape index (κ3) is 3.66. The topological polar surface area (TPSA) is 95.1 Å². The molecule has 25 heavy (non-hydrogen) atoms. The molecule has 0 bridgehead atoms. The molecule has 0 unspecified atom stereocenters. The highest BCUT2D eigenvalue weighted by molar-refractivity contribution is 7.99. The lowest BCUT2D eigenvalue weighted by Gasteiger charge is -2.10. The lowest BCUT2D eigenvalue weighted by atomic mass is 10.3. The van der Waals surface area contributed by atoms with Crippen LogP contribution in [0.25, 0.3) is 17.2 Å². The molecule has 1 N–H and O–H groups in total. The molecule has 3 rings (SSSR count). The Bertz CT molecular complexity index is 890. The number of benzene rings is 1. The summed E-state index contributed by atoms with van der Waals surface area (Å²) in [7, 11) is 1.59. The van der Waals surface area contributed by atoms with Crippen LogP contribution < -0.4 is 4.74 Å². The smallest absolute Gasteiger partial charge is 0.313 e. The molecular formula is C16H17N5O3S. The van der Waals surface area contributed by atoms with E-state index in [-0.39, 0.29) is 5.75 Å². The normalized spacial score (nSPS) is 10.8. The van der Waals surface area contributed by atoms with E-state index in [9.17, 15) is 4.79 Å². The van der Waals surface area contributed by atoms with Crippen molar-refractivity contribution >= 4 is 17.7 Å². The van der Waals surface area contributed by atoms with E-state index in [0.717, 1.165) is 24.0 Å². The molecule has 2 heterocycles. The lowest BCUT2D eigenvalue weighted by Crippen LogP contribution is -2.04. The fourth-order valence-corrected chi connectivity index (χ4v) is 2.97. The van der Waals surface area contributed by atoms with Gasteiger partial charge >= 0.3 is 5.97 Å². The average Bonchev–Trinajstić information content (AvgIpc) is 3.26. The maximum atomic E-state index is 10.9. The number of rotatable bonds is 7. The number of carboxylic acid groups (broad SMARTS) is 1. The minimum Gasteiger partial charge on any atom is -0.497 e. The van der Waals surface area contributed by atoms with Crippen LogP contribution in [0.5, 0.6) is 5.75 Å². The Kier molecular flexibility index (Phi) is 5.03. The SMILES string of the molecule is CCn1ccc(-c2nnc(SCC(=O)O)n2-c2cccc(OC)c2)n1. The first-order chi connectivity index (χ1) is 12.1. The van der Waals surface area contributed by atoms with Crippen LogP contribution in [-0.4, -0.2) is 48.5 Å². The summed E-state index contributed by atoms with van der Waals surface area (Å²) in [6.45, 7) is 2.74. The van der Waals surface area contributed by atoms with E-state index in [4.69, 9.17) is 9.84 Å². The fraction of sp³-hybridized carbons (Fsp3) is 0.250. The van der Waals surface area contributed by atoms with E-state index in [1.807, 2.05) is 43.5 Å². The molecule has 3 aromatic rings. The minimum atomic E-state index is -0.915. The third-order valence-corrected chi connectivity index (χ3v) is 4.38. The van der Waals surface area contributed by atoms with Crippen LogP contribution in [-0.2, 0) is 11.3 Å². The van der Waals surface area contributed by atoms with Crippen LogP contribution in [0.3, 0.4) is 0 Å². The second kappa shape index (κ2) is 7.39. The second-order valence-corrected chi connectivity index (χ2v) is 6.02. The van der Waals surface area contributed by atoms with Crippen molar-refractivity contribution in [2.75, 3.05) is 12.9 Å². The number of aliphatic carboxylic acids is 1. The van der Waals surface area contributed by atoms with Crippen molar-refractivity contribution in [2.45, 2.75) is 18.6 Å². The Morgan fingerprint density at radius 2 is 2.16 bits per heavy atom. The zero-order valence-corrected chi connectivity index (χ0v) is 14.6. The Balaban J connectivity index is 2.10. The fourth-order valence-electron chi connectivity index (χ4n) is 2.30. The van der Waals surface area contributed by atoms with E-state index in [0.29, 0.717) is 22.4 Å². The molecule has 1 aromatic carbocycles. The predicted molar refractivity (Wildman–Crippen MR) is 93.2 cm³/mol. The molecule has 9 heteroatoms. The first-order valence-corrected chi connectivity index (χ1v) is 8.59. The molecule has 130 valence electrons. The van der Waals surface area contributed by atoms with Crippen molar-refractivity contribution in [1.82, 2.24) is 24.5 Å². The molecular weight excluding hydrogens is 342 g/mol. The molecule has 0 radical (unpaired) electrons. The van der Waals surface area contributed by atoms with Gasteiger partial charge < -0.3 is 9.84 Å². The highest BCUT2D eigenvalue weighted by atomic mass is 32.2. The van der Waals surface area contributed by atoms with Gasteiger partial charge in [0.1, 0.15) is 11.4 Å². The van der Waals surface area contributed by atoms with Gasteiger partial charge in [0.15, 0.2) is 11.0 Å². The van der Waals surface area contributed by atoms with Gasteiger partial charge in [-0.3, -0.25) is 14.0 Å². The van der Waals surface area contributed by atoms with Crippen LogP contribution >= 0.6 is 11.8 Å². The molecule has 0 atom stereocenters. The van der Waals surface area contributed by atoms with E-state index in [2.05, 4.69) is 15.3 Å². The Morgan fingerprint density at radius 1 is 1.32 bits per heavy atom. The number of carbonyl (C=O) groups is 1. The standard InChI is InChI=1S/C16H17N5O3S/c1-3-20-8-7-13(19-20)15-17-18-16(25-10-14(22)23)21(15)11-5-4-6-12(9-11)24-2/h4-9H,3,10H2,1-2H3,(H,22,23). The average molecular weight is 359 g/mol. The Labute approximate surface area is 148 Å². The summed E-state index contributed by atoms with van der Waals surface area (Å²) >= 11 is 1.11. The quantitative estimate of drug-likeness (QED) is 0.647. The molecule has 8 nitrogen and oxygen atoms in total. The second-order valence-electron chi connectivity index (χ2n) is 5.08. The van der Waals surface area contributed by atoms with Crippen LogP contribution in [0.4, 0.5) is 0 Å². The van der Waals surface area contributed by atoms with E-state index in [1.165, 1.54) is 0 Å². The van der Waals surface area contributed by atoms with Gasteiger partial charge in [-0.1, -0.05) is 17.8 Å². The van der Waals surface area contributed by atoms with Crippen LogP contribution in [0.1, 0.15) is 6.92 Å². The van der Waals surface area contributed by atoms with Crippen molar-refractivity contribution in [1.29, 1.82) is 0 Å². The summed E-state index contributed by atoms with van der Waals surface area (Å²) in [6.07, 6.45) is 1.87. The first-order valence-electron chi connectivity index (χ1n) is 7.60. The number of thioether (sulfide) groups is 1. The zero-order chi connectivity index (χ0) is 17.8. The highest BCUT2D eigenvalue weighted by Gasteiger charge is 2.19. The van der Waals surface area contributed by atoms with Crippen LogP contribution in [0, 0.1) is 0 Å². The summed E-state index contributed by atoms with van der Waals surface area (Å²) in [5.74, 6) is 0.215. The number of ether oxygens (including phenoxy) is 1. The molecule has 0 fully saturated rings. The predicted octanol–water partition coefficient (Wildman–Crippen LogP) is 2.34. The third-order valence-electron chi connectivity index (χ3n) is 3.46. The highest BCUT2D eigenvalue weighted by Crippen LogP contribution is 2.28. The monoisotopic (exact) mass is 359 g/mol. The van der Waals surface area contributed by atoms with Crippen molar-refractivity contribution in [3.63, 3.8) is 0 Å². The van der Waals surface area contributed by atoms with Crippen LogP contribution in [0.2, 0.25) is 0 Å². The number of nitrogens with zero attached hydrogens (tertiary/aromatic N) is 5. The maximum Gasteiger partial charge on any atom is 0.313 e. The van der Waals surface area contributed by atoms with Crippen molar-refractivity contribution in [2.24, 2.45) is 0 Å². The van der Waals surface area contributed by atoms with Gasteiger partial charge in [0.2, 0.25) is 0 Å². The summed E-state index contributed by atoms with van der Waals surface area (Å²) in [5.41, 5.74) is 1.44. The number of hydrogen-bond donors (Lipinski definition) is 1. The number of aryl methyl sites for hydroxylation is 1. The van der Waals surface area contributed by atoms with Gasteiger partial charge in [-0.25, -0.2) is 0 Å². The molecule has 0 saturated carbocycles. The zero-order valence-electron chi connectivity index (χ0n) is 13.8. The van der Waals surface area contributed by atoms with Gasteiger partial charge in [0, 0.05) is 18.8 Å². The summed E-state index contributed by atoms with van der Waals surface area (Å²) < 4.78 is 8.87. The van der Waals surface area contributed by atoms with E-state index < -0.39 is 5.97 Å². The van der Waals surface area contributed by atoms with E-state index >= 15 is 0 Å². The van der Waals surface area contributed by atoms with Crippen molar-refractivity contribution < 1.29 is 14.6 Å². The molecule has 0 saturated heterocycles. The first kappa shape index (κ1) is 17.0. The summed E-state index contributed by atoms with van der Waals surface area (Å²) in [4.78, 5) is 10.9. The maximum absolute atomic E-state index is 10.9. The van der Waals surface area contributed by atoms with Gasteiger partial charge in [-0.05, 0) is 25.1 Å². The number of aromatic nitrogens is 5. The number of hydrogen-bond acceptors (Lipinski definition) is 6. The van der Waals surface area contributed by atoms with Crippen molar-refractivity contribution in [3.05, 3.63) is 36.5 Å². The minimum absolute atomic E-state index is 0.106.